The Morgan fingerprint density at radius 1 is 1.04 bits per heavy atom. The Kier molecular flexibility index (Phi) is 6.22. The third-order valence-corrected chi connectivity index (χ3v) is 4.03. The third kappa shape index (κ3) is 5.07. The van der Waals surface area contributed by atoms with Crippen LogP contribution >= 0.6 is 0 Å². The van der Waals surface area contributed by atoms with E-state index in [1.807, 2.05) is 44.2 Å². The normalized spacial score (nSPS) is 10.6. The van der Waals surface area contributed by atoms with E-state index in [4.69, 9.17) is 4.74 Å². The number of anilines is 3. The van der Waals surface area contributed by atoms with Crippen LogP contribution in [0.5, 0.6) is 5.75 Å². The number of rotatable bonds is 7. The summed E-state index contributed by atoms with van der Waals surface area (Å²) in [6.45, 7) is 5.99. The quantitative estimate of drug-likeness (QED) is 0.618. The fourth-order valence-electron chi connectivity index (χ4n) is 2.58. The predicted molar refractivity (Wildman–Crippen MR) is 111 cm³/mol. The maximum absolute atomic E-state index is 12.5. The number of para-hydroxylation sites is 2. The summed E-state index contributed by atoms with van der Waals surface area (Å²) in [4.78, 5) is 21.0. The highest BCUT2D eigenvalue weighted by Gasteiger charge is 2.12. The number of nitrogens with zero attached hydrogens (tertiary/aromatic N) is 2. The van der Waals surface area contributed by atoms with Gasteiger partial charge in [-0.25, -0.2) is 9.97 Å². The van der Waals surface area contributed by atoms with E-state index in [0.29, 0.717) is 22.9 Å². The molecule has 2 aromatic carbocycles. The lowest BCUT2D eigenvalue weighted by Gasteiger charge is -2.14. The van der Waals surface area contributed by atoms with Crippen LogP contribution in [0.4, 0.5) is 17.3 Å². The van der Waals surface area contributed by atoms with E-state index in [1.54, 1.807) is 6.07 Å². The molecule has 1 heterocycles. The van der Waals surface area contributed by atoms with Crippen LogP contribution in [0.2, 0.25) is 0 Å². The van der Waals surface area contributed by atoms with Crippen molar-refractivity contribution >= 4 is 23.2 Å². The minimum absolute atomic E-state index is 0.0122. The van der Waals surface area contributed by atoms with Crippen molar-refractivity contribution in [2.45, 2.75) is 33.3 Å². The molecular formula is C22H24N4O2. The second kappa shape index (κ2) is 8.99. The molecule has 0 fully saturated rings. The summed E-state index contributed by atoms with van der Waals surface area (Å²) in [7, 11) is 0. The molecule has 6 nitrogen and oxygen atoms in total. The molecule has 1 aromatic heterocycles. The molecule has 0 saturated heterocycles. The Morgan fingerprint density at radius 2 is 1.71 bits per heavy atom. The predicted octanol–water partition coefficient (Wildman–Crippen LogP) is 4.82. The smallest absolute Gasteiger partial charge is 0.258 e. The van der Waals surface area contributed by atoms with Gasteiger partial charge in [-0.3, -0.25) is 4.79 Å². The number of benzene rings is 2. The number of aryl methyl sites for hydroxylation is 1. The van der Waals surface area contributed by atoms with Gasteiger partial charge in [0.25, 0.3) is 5.91 Å². The van der Waals surface area contributed by atoms with Crippen LogP contribution in [0.3, 0.4) is 0 Å². The lowest BCUT2D eigenvalue weighted by Crippen LogP contribution is -2.15. The van der Waals surface area contributed by atoms with Crippen LogP contribution in [0.15, 0.2) is 60.9 Å². The van der Waals surface area contributed by atoms with Crippen molar-refractivity contribution in [1.82, 2.24) is 9.97 Å². The summed E-state index contributed by atoms with van der Waals surface area (Å²) in [5, 5.41) is 5.98. The van der Waals surface area contributed by atoms with Gasteiger partial charge >= 0.3 is 0 Å². The zero-order valence-corrected chi connectivity index (χ0v) is 16.3. The topological polar surface area (TPSA) is 76.1 Å². The second-order valence-corrected chi connectivity index (χ2v) is 6.59. The first kappa shape index (κ1) is 19.4. The molecule has 1 amide bonds. The van der Waals surface area contributed by atoms with Gasteiger partial charge in [-0.2, -0.15) is 0 Å². The standard InChI is InChI=1S/C22H24N4O2/c1-4-16-9-11-18(12-10-16)25-22-23-13-17(14-24-22)21(27)26-19-7-5-6-8-20(19)28-15(2)3/h5-15H,4H2,1-3H3,(H,26,27)(H,23,24,25). The molecule has 3 aromatic rings. The van der Waals surface area contributed by atoms with E-state index in [1.165, 1.54) is 18.0 Å². The number of amides is 1. The molecule has 0 aliphatic heterocycles. The van der Waals surface area contributed by atoms with Crippen molar-refractivity contribution in [2.75, 3.05) is 10.6 Å². The molecule has 144 valence electrons. The largest absolute Gasteiger partial charge is 0.489 e. The Morgan fingerprint density at radius 3 is 2.36 bits per heavy atom. The van der Waals surface area contributed by atoms with Crippen molar-refractivity contribution in [2.24, 2.45) is 0 Å². The maximum atomic E-state index is 12.5. The number of hydrogen-bond acceptors (Lipinski definition) is 5. The molecule has 6 heteroatoms. The first-order valence-corrected chi connectivity index (χ1v) is 9.30. The number of ether oxygens (including phenoxy) is 1. The number of aromatic nitrogens is 2. The average molecular weight is 376 g/mol. The molecule has 0 bridgehead atoms. The van der Waals surface area contributed by atoms with E-state index in [-0.39, 0.29) is 12.0 Å². The van der Waals surface area contributed by atoms with Crippen molar-refractivity contribution in [3.8, 4) is 5.75 Å². The second-order valence-electron chi connectivity index (χ2n) is 6.59. The summed E-state index contributed by atoms with van der Waals surface area (Å²) in [6.07, 6.45) is 4.00. The molecule has 0 aliphatic carbocycles. The van der Waals surface area contributed by atoms with Crippen LogP contribution in [0.25, 0.3) is 0 Å². The van der Waals surface area contributed by atoms with E-state index < -0.39 is 0 Å². The van der Waals surface area contributed by atoms with Gasteiger partial charge in [0.15, 0.2) is 0 Å². The van der Waals surface area contributed by atoms with Crippen LogP contribution in [0, 0.1) is 0 Å². The fraction of sp³-hybridized carbons (Fsp3) is 0.227. The first-order valence-electron chi connectivity index (χ1n) is 9.30. The summed E-state index contributed by atoms with van der Waals surface area (Å²) in [5.74, 6) is 0.767. The van der Waals surface area contributed by atoms with E-state index in [0.717, 1.165) is 12.1 Å². The van der Waals surface area contributed by atoms with Gasteiger partial charge in [-0.1, -0.05) is 31.2 Å². The molecule has 0 aliphatic rings. The SMILES string of the molecule is CCc1ccc(Nc2ncc(C(=O)Nc3ccccc3OC(C)C)cn2)cc1. The van der Waals surface area contributed by atoms with Crippen LogP contribution < -0.4 is 15.4 Å². The monoisotopic (exact) mass is 376 g/mol. The van der Waals surface area contributed by atoms with Crippen LogP contribution in [-0.2, 0) is 6.42 Å². The summed E-state index contributed by atoms with van der Waals surface area (Å²) < 4.78 is 5.73. The van der Waals surface area contributed by atoms with E-state index >= 15 is 0 Å². The number of carbonyl (C=O) groups is 1. The fourth-order valence-corrected chi connectivity index (χ4v) is 2.58. The van der Waals surface area contributed by atoms with Gasteiger partial charge in [0.2, 0.25) is 5.95 Å². The molecular weight excluding hydrogens is 352 g/mol. The molecule has 0 radical (unpaired) electrons. The van der Waals surface area contributed by atoms with E-state index in [2.05, 4.69) is 39.7 Å². The van der Waals surface area contributed by atoms with Gasteiger partial charge in [-0.15, -0.1) is 0 Å². The average Bonchev–Trinajstić information content (AvgIpc) is 2.70. The van der Waals surface area contributed by atoms with Crippen molar-refractivity contribution in [3.63, 3.8) is 0 Å². The highest BCUT2D eigenvalue weighted by Crippen LogP contribution is 2.25. The molecule has 0 saturated carbocycles. The number of carbonyl (C=O) groups excluding carboxylic acids is 1. The van der Waals surface area contributed by atoms with Crippen molar-refractivity contribution < 1.29 is 9.53 Å². The zero-order chi connectivity index (χ0) is 19.9. The maximum Gasteiger partial charge on any atom is 0.258 e. The third-order valence-electron chi connectivity index (χ3n) is 4.03. The van der Waals surface area contributed by atoms with Gasteiger partial charge < -0.3 is 15.4 Å². The van der Waals surface area contributed by atoms with Gasteiger partial charge in [-0.05, 0) is 50.1 Å². The van der Waals surface area contributed by atoms with Crippen LogP contribution in [-0.4, -0.2) is 22.0 Å². The summed E-state index contributed by atoms with van der Waals surface area (Å²) >= 11 is 0. The molecule has 0 atom stereocenters. The van der Waals surface area contributed by atoms with Gasteiger partial charge in [0.1, 0.15) is 5.75 Å². The number of hydrogen-bond donors (Lipinski definition) is 2. The van der Waals surface area contributed by atoms with E-state index in [9.17, 15) is 4.79 Å². The molecule has 28 heavy (non-hydrogen) atoms. The van der Waals surface area contributed by atoms with Crippen molar-refractivity contribution in [1.29, 1.82) is 0 Å². The Balaban J connectivity index is 1.67. The molecule has 0 spiro atoms. The zero-order valence-electron chi connectivity index (χ0n) is 16.3. The van der Waals surface area contributed by atoms with Gasteiger partial charge in [0.05, 0.1) is 17.4 Å². The molecule has 2 N–H and O–H groups in total. The first-order chi connectivity index (χ1) is 13.5. The lowest BCUT2D eigenvalue weighted by atomic mass is 10.1. The Hall–Kier alpha value is -3.41. The molecule has 3 rings (SSSR count). The highest BCUT2D eigenvalue weighted by atomic mass is 16.5. The Bertz CT molecular complexity index is 922. The molecule has 0 unspecified atom stereocenters. The lowest BCUT2D eigenvalue weighted by molar-refractivity contribution is 0.102. The minimum Gasteiger partial charge on any atom is -0.489 e. The van der Waals surface area contributed by atoms with Crippen molar-refractivity contribution in [3.05, 3.63) is 72.1 Å². The van der Waals surface area contributed by atoms with Crippen LogP contribution in [0.1, 0.15) is 36.7 Å². The minimum atomic E-state index is -0.293. The number of nitrogens with one attached hydrogen (secondary N) is 2. The highest BCUT2D eigenvalue weighted by molar-refractivity contribution is 6.04. The summed E-state index contributed by atoms with van der Waals surface area (Å²) in [6, 6.07) is 15.4. The van der Waals surface area contributed by atoms with Gasteiger partial charge in [0, 0.05) is 18.1 Å². The summed E-state index contributed by atoms with van der Waals surface area (Å²) in [5.41, 5.74) is 3.14. The Labute approximate surface area is 165 Å².